The van der Waals surface area contributed by atoms with Gasteiger partial charge in [-0.3, -0.25) is 9.69 Å². The second kappa shape index (κ2) is 9.68. The van der Waals surface area contributed by atoms with Gasteiger partial charge in [0.15, 0.2) is 5.13 Å². The van der Waals surface area contributed by atoms with Gasteiger partial charge in [-0.1, -0.05) is 43.2 Å². The normalized spacial score (nSPS) is 17.5. The summed E-state index contributed by atoms with van der Waals surface area (Å²) in [5.41, 5.74) is 1.34. The maximum absolute atomic E-state index is 13.4. The van der Waals surface area contributed by atoms with Gasteiger partial charge in [0.1, 0.15) is 0 Å². The number of fused-ring (bicyclic) bond motifs is 1. The average Bonchev–Trinajstić information content (AvgIpc) is 3.23. The predicted molar refractivity (Wildman–Crippen MR) is 130 cm³/mol. The maximum atomic E-state index is 13.4. The summed E-state index contributed by atoms with van der Waals surface area (Å²) in [5.74, 6) is -0.159. The highest BCUT2D eigenvalue weighted by molar-refractivity contribution is 7.89. The summed E-state index contributed by atoms with van der Waals surface area (Å²) in [6.45, 7) is 5.16. The van der Waals surface area contributed by atoms with Crippen molar-refractivity contribution in [3.8, 4) is 0 Å². The zero-order chi connectivity index (χ0) is 22.7. The van der Waals surface area contributed by atoms with Crippen LogP contribution in [-0.4, -0.2) is 42.7 Å². The van der Waals surface area contributed by atoms with Crippen molar-refractivity contribution in [3.63, 3.8) is 0 Å². The summed E-state index contributed by atoms with van der Waals surface area (Å²) in [7, 11) is -3.56. The van der Waals surface area contributed by atoms with E-state index in [1.54, 1.807) is 33.5 Å². The fourth-order valence-corrected chi connectivity index (χ4v) is 6.75. The summed E-state index contributed by atoms with van der Waals surface area (Å²) < 4.78 is 28.8. The van der Waals surface area contributed by atoms with Crippen LogP contribution in [0.4, 0.5) is 5.13 Å². The van der Waals surface area contributed by atoms with Crippen molar-refractivity contribution in [2.24, 2.45) is 0 Å². The Labute approximate surface area is 193 Å². The first-order valence-corrected chi connectivity index (χ1v) is 13.5. The van der Waals surface area contributed by atoms with Crippen molar-refractivity contribution in [2.45, 2.75) is 56.9 Å². The molecule has 0 radical (unpaired) electrons. The Kier molecular flexibility index (Phi) is 6.93. The van der Waals surface area contributed by atoms with E-state index in [9.17, 15) is 13.2 Å². The van der Waals surface area contributed by atoms with E-state index in [0.717, 1.165) is 42.3 Å². The van der Waals surface area contributed by atoms with Gasteiger partial charge in [-0.05, 0) is 62.6 Å². The third-order valence-electron chi connectivity index (χ3n) is 5.94. The number of amides is 1. The minimum Gasteiger partial charge on any atom is -0.284 e. The Hall–Kier alpha value is -2.29. The lowest BCUT2D eigenvalue weighted by Gasteiger charge is -2.32. The molecule has 1 aliphatic rings. The zero-order valence-corrected chi connectivity index (χ0v) is 20.2. The maximum Gasteiger partial charge on any atom is 0.260 e. The molecule has 1 fully saturated rings. The molecule has 1 aliphatic heterocycles. The SMILES string of the molecule is CCCCN(C(=O)c1ccc(S(=O)(=O)N2CCCCC2C)cc1)c1nc2ccccc2s1. The number of piperidine rings is 1. The van der Waals surface area contributed by atoms with Crippen LogP contribution in [0.25, 0.3) is 10.2 Å². The average molecular weight is 472 g/mol. The van der Waals surface area contributed by atoms with Gasteiger partial charge in [0.25, 0.3) is 5.91 Å². The van der Waals surface area contributed by atoms with E-state index in [4.69, 9.17) is 0 Å². The Morgan fingerprint density at radius 1 is 1.16 bits per heavy atom. The van der Waals surface area contributed by atoms with E-state index in [1.165, 1.54) is 11.3 Å². The summed E-state index contributed by atoms with van der Waals surface area (Å²) in [5, 5.41) is 0.670. The number of unbranched alkanes of at least 4 members (excludes halogenated alkanes) is 1. The summed E-state index contributed by atoms with van der Waals surface area (Å²) >= 11 is 1.50. The van der Waals surface area contributed by atoms with Crippen LogP contribution in [0, 0.1) is 0 Å². The van der Waals surface area contributed by atoms with Crippen molar-refractivity contribution in [1.82, 2.24) is 9.29 Å². The molecule has 0 saturated carbocycles. The number of anilines is 1. The first-order chi connectivity index (χ1) is 15.4. The first-order valence-electron chi connectivity index (χ1n) is 11.2. The van der Waals surface area contributed by atoms with Gasteiger partial charge in [0.2, 0.25) is 10.0 Å². The van der Waals surface area contributed by atoms with Crippen molar-refractivity contribution in [2.75, 3.05) is 18.0 Å². The Balaban J connectivity index is 1.60. The topological polar surface area (TPSA) is 70.6 Å². The molecule has 170 valence electrons. The lowest BCUT2D eigenvalue weighted by atomic mass is 10.1. The van der Waals surface area contributed by atoms with Gasteiger partial charge in [-0.15, -0.1) is 0 Å². The van der Waals surface area contributed by atoms with Crippen LogP contribution >= 0.6 is 11.3 Å². The molecule has 1 saturated heterocycles. The van der Waals surface area contributed by atoms with E-state index in [1.807, 2.05) is 31.2 Å². The molecule has 0 spiro atoms. The number of hydrogen-bond donors (Lipinski definition) is 0. The van der Waals surface area contributed by atoms with Crippen molar-refractivity contribution >= 4 is 42.6 Å². The number of carbonyl (C=O) groups excluding carboxylic acids is 1. The molecule has 4 rings (SSSR count). The van der Waals surface area contributed by atoms with E-state index in [2.05, 4.69) is 11.9 Å². The van der Waals surface area contributed by atoms with Gasteiger partial charge in [0.05, 0.1) is 15.1 Å². The molecule has 1 aromatic heterocycles. The molecule has 3 aromatic rings. The molecule has 8 heteroatoms. The largest absolute Gasteiger partial charge is 0.284 e. The highest BCUT2D eigenvalue weighted by Crippen LogP contribution is 2.30. The molecule has 1 unspecified atom stereocenters. The minimum absolute atomic E-state index is 0.00127. The predicted octanol–water partition coefficient (Wildman–Crippen LogP) is 5.31. The standard InChI is InChI=1S/C24H29N3O3S2/c1-3-4-16-26(24-25-21-10-5-6-11-22(21)31-24)23(28)19-12-14-20(15-13-19)32(29,30)27-17-8-7-9-18(27)2/h5-6,10-15,18H,3-4,7-9,16-17H2,1-2H3. The Bertz CT molecular complexity index is 1160. The highest BCUT2D eigenvalue weighted by Gasteiger charge is 2.31. The molecule has 0 bridgehead atoms. The van der Waals surface area contributed by atoms with Gasteiger partial charge in [-0.25, -0.2) is 13.4 Å². The van der Waals surface area contributed by atoms with Gasteiger partial charge >= 0.3 is 0 Å². The molecule has 2 heterocycles. The molecular formula is C24H29N3O3S2. The molecule has 2 aromatic carbocycles. The first kappa shape index (κ1) is 22.9. The number of benzene rings is 2. The number of carbonyl (C=O) groups is 1. The molecule has 0 aliphatic carbocycles. The van der Waals surface area contributed by atoms with Gasteiger partial charge in [-0.2, -0.15) is 4.31 Å². The fourth-order valence-electron chi connectivity index (χ4n) is 4.07. The van der Waals surface area contributed by atoms with Crippen LogP contribution in [-0.2, 0) is 10.0 Å². The summed E-state index contributed by atoms with van der Waals surface area (Å²) in [6.07, 6.45) is 4.64. The third kappa shape index (κ3) is 4.58. The van der Waals surface area contributed by atoms with E-state index >= 15 is 0 Å². The third-order valence-corrected chi connectivity index (χ3v) is 9.03. The number of rotatable bonds is 7. The quantitative estimate of drug-likeness (QED) is 0.468. The number of aromatic nitrogens is 1. The molecule has 1 atom stereocenters. The van der Waals surface area contributed by atoms with E-state index in [-0.39, 0.29) is 16.8 Å². The highest BCUT2D eigenvalue weighted by atomic mass is 32.2. The second-order valence-corrected chi connectivity index (χ2v) is 11.2. The van der Waals surface area contributed by atoms with Crippen LogP contribution in [0.1, 0.15) is 56.3 Å². The van der Waals surface area contributed by atoms with Crippen molar-refractivity contribution in [1.29, 1.82) is 0 Å². The number of thiazole rings is 1. The van der Waals surface area contributed by atoms with Crippen LogP contribution in [0.5, 0.6) is 0 Å². The van der Waals surface area contributed by atoms with E-state index < -0.39 is 10.0 Å². The van der Waals surface area contributed by atoms with Gasteiger partial charge in [0, 0.05) is 24.7 Å². The number of nitrogens with zero attached hydrogens (tertiary/aromatic N) is 3. The van der Waals surface area contributed by atoms with Crippen LogP contribution in [0.2, 0.25) is 0 Å². The Morgan fingerprint density at radius 3 is 2.59 bits per heavy atom. The molecular weight excluding hydrogens is 442 g/mol. The van der Waals surface area contributed by atoms with Crippen molar-refractivity contribution in [3.05, 3.63) is 54.1 Å². The van der Waals surface area contributed by atoms with Crippen molar-refractivity contribution < 1.29 is 13.2 Å². The molecule has 0 N–H and O–H groups in total. The van der Waals surface area contributed by atoms with Crippen LogP contribution < -0.4 is 4.90 Å². The fraction of sp³-hybridized carbons (Fsp3) is 0.417. The zero-order valence-electron chi connectivity index (χ0n) is 18.5. The second-order valence-electron chi connectivity index (χ2n) is 8.26. The molecule has 1 amide bonds. The summed E-state index contributed by atoms with van der Waals surface area (Å²) in [4.78, 5) is 20.0. The summed E-state index contributed by atoms with van der Waals surface area (Å²) in [6, 6.07) is 14.2. The van der Waals surface area contributed by atoms with Gasteiger partial charge < -0.3 is 0 Å². The molecule has 6 nitrogen and oxygen atoms in total. The lowest BCUT2D eigenvalue weighted by molar-refractivity contribution is 0.0986. The van der Waals surface area contributed by atoms with E-state index in [0.29, 0.717) is 23.8 Å². The lowest BCUT2D eigenvalue weighted by Crippen LogP contribution is -2.41. The molecule has 32 heavy (non-hydrogen) atoms. The van der Waals surface area contributed by atoms with Crippen LogP contribution in [0.3, 0.4) is 0 Å². The smallest absolute Gasteiger partial charge is 0.260 e. The minimum atomic E-state index is -3.56. The number of sulfonamides is 1. The monoisotopic (exact) mass is 471 g/mol. The number of hydrogen-bond acceptors (Lipinski definition) is 5. The number of para-hydroxylation sites is 1. The Morgan fingerprint density at radius 2 is 1.91 bits per heavy atom. The van der Waals surface area contributed by atoms with Crippen LogP contribution in [0.15, 0.2) is 53.4 Å².